The van der Waals surface area contributed by atoms with E-state index in [0.29, 0.717) is 5.92 Å². The number of rotatable bonds is 1. The van der Waals surface area contributed by atoms with Crippen LogP contribution in [0.1, 0.15) is 49.7 Å². The highest BCUT2D eigenvalue weighted by atomic mass is 16.5. The Balaban J connectivity index is 2.03. The van der Waals surface area contributed by atoms with Crippen LogP contribution in [0.4, 0.5) is 0 Å². The predicted octanol–water partition coefficient (Wildman–Crippen LogP) is 3.67. The quantitative estimate of drug-likeness (QED) is 0.541. The molecule has 2 aliphatic carbocycles. The molecule has 0 radical (unpaired) electrons. The molecule has 3 rings (SSSR count). The van der Waals surface area contributed by atoms with Gasteiger partial charge in [-0.2, -0.15) is 0 Å². The van der Waals surface area contributed by atoms with Crippen LogP contribution in [0.25, 0.3) is 5.57 Å². The first-order valence-corrected chi connectivity index (χ1v) is 6.29. The minimum absolute atomic E-state index is 0.240. The number of allylic oxidation sites excluding steroid dienone is 2. The van der Waals surface area contributed by atoms with Crippen molar-refractivity contribution in [3.05, 3.63) is 35.4 Å². The van der Waals surface area contributed by atoms with E-state index in [9.17, 15) is 4.79 Å². The lowest BCUT2D eigenvalue weighted by Gasteiger charge is -2.34. The number of benzene rings is 1. The fraction of sp³-hybridized carbons (Fsp3) is 0.400. The van der Waals surface area contributed by atoms with E-state index in [1.165, 1.54) is 42.9 Å². The van der Waals surface area contributed by atoms with Crippen molar-refractivity contribution < 1.29 is 9.53 Å². The molecule has 0 heterocycles. The molecule has 1 aromatic rings. The fourth-order valence-electron chi connectivity index (χ4n) is 2.96. The van der Waals surface area contributed by atoms with Gasteiger partial charge in [-0.1, -0.05) is 24.6 Å². The Morgan fingerprint density at radius 1 is 1.35 bits per heavy atom. The van der Waals surface area contributed by atoms with Gasteiger partial charge in [-0.15, -0.1) is 0 Å². The van der Waals surface area contributed by atoms with E-state index >= 15 is 0 Å². The summed E-state index contributed by atoms with van der Waals surface area (Å²) in [4.78, 5) is 11.1. The second-order valence-corrected chi connectivity index (χ2v) is 4.81. The molecule has 0 saturated heterocycles. The minimum Gasteiger partial charge on any atom is -0.426 e. The molecule has 0 aromatic heterocycles. The van der Waals surface area contributed by atoms with Gasteiger partial charge < -0.3 is 4.74 Å². The lowest BCUT2D eigenvalue weighted by atomic mass is 9.71. The van der Waals surface area contributed by atoms with Crippen LogP contribution in [-0.2, 0) is 4.79 Å². The molecule has 88 valence electrons. The number of hydrogen-bond acceptors (Lipinski definition) is 2. The van der Waals surface area contributed by atoms with Crippen molar-refractivity contribution in [1.82, 2.24) is 0 Å². The summed E-state index contributed by atoms with van der Waals surface area (Å²) in [7, 11) is 0. The van der Waals surface area contributed by atoms with Crippen LogP contribution in [0.5, 0.6) is 5.75 Å². The normalized spacial score (nSPS) is 21.5. The molecular weight excluding hydrogens is 212 g/mol. The predicted molar refractivity (Wildman–Crippen MR) is 66.9 cm³/mol. The number of carbonyl (C=O) groups is 1. The molecule has 0 amide bonds. The highest BCUT2D eigenvalue weighted by Gasteiger charge is 2.35. The van der Waals surface area contributed by atoms with E-state index in [1.807, 2.05) is 12.1 Å². The zero-order valence-electron chi connectivity index (χ0n) is 10.0. The molecule has 1 atom stereocenters. The molecule has 0 fully saturated rings. The van der Waals surface area contributed by atoms with Gasteiger partial charge in [0.25, 0.3) is 0 Å². The summed E-state index contributed by atoms with van der Waals surface area (Å²) in [6.07, 6.45) is 7.29. The summed E-state index contributed by atoms with van der Waals surface area (Å²) < 4.78 is 5.29. The van der Waals surface area contributed by atoms with Crippen molar-refractivity contribution in [3.8, 4) is 5.75 Å². The first-order valence-electron chi connectivity index (χ1n) is 6.29. The van der Waals surface area contributed by atoms with Crippen molar-refractivity contribution in [2.75, 3.05) is 0 Å². The summed E-state index contributed by atoms with van der Waals surface area (Å²) in [6, 6.07) is 6.04. The molecule has 0 unspecified atom stereocenters. The Morgan fingerprint density at radius 3 is 3.06 bits per heavy atom. The van der Waals surface area contributed by atoms with Crippen molar-refractivity contribution in [2.45, 2.75) is 38.5 Å². The Morgan fingerprint density at radius 2 is 2.24 bits per heavy atom. The van der Waals surface area contributed by atoms with E-state index in [0.717, 1.165) is 12.2 Å². The maximum Gasteiger partial charge on any atom is 0.308 e. The molecule has 0 spiro atoms. The topological polar surface area (TPSA) is 26.3 Å². The molecule has 2 heteroatoms. The zero-order valence-corrected chi connectivity index (χ0v) is 10.0. The Bertz CT molecular complexity index is 500. The second-order valence-electron chi connectivity index (χ2n) is 4.81. The fourth-order valence-corrected chi connectivity index (χ4v) is 2.96. The molecule has 0 N–H and O–H groups in total. The van der Waals surface area contributed by atoms with Gasteiger partial charge in [0.05, 0.1) is 0 Å². The molecule has 1 aromatic carbocycles. The first kappa shape index (κ1) is 10.6. The Hall–Kier alpha value is -1.57. The number of ether oxygens (including phenoxy) is 1. The number of hydrogen-bond donors (Lipinski definition) is 0. The highest BCUT2D eigenvalue weighted by Crippen LogP contribution is 2.53. The smallest absolute Gasteiger partial charge is 0.308 e. The number of carbonyl (C=O) groups excluding carboxylic acids is 1. The van der Waals surface area contributed by atoms with E-state index < -0.39 is 0 Å². The molecule has 0 saturated carbocycles. The van der Waals surface area contributed by atoms with Gasteiger partial charge in [-0.3, -0.25) is 4.79 Å². The van der Waals surface area contributed by atoms with Gasteiger partial charge in [-0.25, -0.2) is 0 Å². The molecule has 0 aliphatic heterocycles. The Labute approximate surface area is 101 Å². The van der Waals surface area contributed by atoms with Gasteiger partial charge in [-0.05, 0) is 36.5 Å². The summed E-state index contributed by atoms with van der Waals surface area (Å²) in [5.41, 5.74) is 3.93. The van der Waals surface area contributed by atoms with Crippen LogP contribution in [0.3, 0.4) is 0 Å². The molecule has 2 nitrogen and oxygen atoms in total. The molecule has 17 heavy (non-hydrogen) atoms. The van der Waals surface area contributed by atoms with Crippen LogP contribution in [0, 0.1) is 0 Å². The lowest BCUT2D eigenvalue weighted by molar-refractivity contribution is -0.131. The van der Waals surface area contributed by atoms with Crippen LogP contribution >= 0.6 is 0 Å². The van der Waals surface area contributed by atoms with Gasteiger partial charge >= 0.3 is 5.97 Å². The summed E-state index contributed by atoms with van der Waals surface area (Å²) in [5, 5.41) is 0. The monoisotopic (exact) mass is 228 g/mol. The maximum atomic E-state index is 11.1. The standard InChI is InChI=1S/C15H16O2/c1-10(16)17-14-9-5-8-13-11-6-3-2-4-7-12(11)15(13)14/h5,7-9,11H,2-4,6H2,1H3/t11-/m1/s1. The van der Waals surface area contributed by atoms with E-state index in [4.69, 9.17) is 4.74 Å². The van der Waals surface area contributed by atoms with Crippen molar-refractivity contribution in [3.63, 3.8) is 0 Å². The second kappa shape index (κ2) is 4.02. The number of esters is 1. The minimum atomic E-state index is -0.240. The summed E-state index contributed by atoms with van der Waals surface area (Å²) in [5.74, 6) is 1.08. The van der Waals surface area contributed by atoms with Gasteiger partial charge in [0, 0.05) is 18.4 Å². The summed E-state index contributed by atoms with van der Waals surface area (Å²) >= 11 is 0. The molecular formula is C15H16O2. The average Bonchev–Trinajstić information content (AvgIpc) is 2.47. The third-order valence-electron chi connectivity index (χ3n) is 3.66. The molecule has 2 aliphatic rings. The molecule has 0 bridgehead atoms. The van der Waals surface area contributed by atoms with Crippen molar-refractivity contribution >= 4 is 11.5 Å². The van der Waals surface area contributed by atoms with Crippen molar-refractivity contribution in [1.29, 1.82) is 0 Å². The van der Waals surface area contributed by atoms with E-state index in [-0.39, 0.29) is 5.97 Å². The first-order chi connectivity index (χ1) is 8.27. The summed E-state index contributed by atoms with van der Waals surface area (Å²) in [6.45, 7) is 1.46. The van der Waals surface area contributed by atoms with Crippen LogP contribution in [0.2, 0.25) is 0 Å². The zero-order chi connectivity index (χ0) is 11.8. The van der Waals surface area contributed by atoms with Gasteiger partial charge in [0.1, 0.15) is 5.75 Å². The number of fused-ring (bicyclic) bond motifs is 4. The van der Waals surface area contributed by atoms with Crippen LogP contribution < -0.4 is 4.74 Å². The largest absolute Gasteiger partial charge is 0.426 e. The third-order valence-corrected chi connectivity index (χ3v) is 3.66. The Kier molecular flexibility index (Phi) is 2.50. The lowest BCUT2D eigenvalue weighted by Crippen LogP contribution is -2.17. The van der Waals surface area contributed by atoms with Gasteiger partial charge in [0.2, 0.25) is 0 Å². The third kappa shape index (κ3) is 1.68. The maximum absolute atomic E-state index is 11.1. The van der Waals surface area contributed by atoms with E-state index in [2.05, 4.69) is 12.1 Å². The van der Waals surface area contributed by atoms with Crippen LogP contribution in [-0.4, -0.2) is 5.97 Å². The van der Waals surface area contributed by atoms with Crippen LogP contribution in [0.15, 0.2) is 24.3 Å². The average molecular weight is 228 g/mol. The van der Waals surface area contributed by atoms with Gasteiger partial charge in [0.15, 0.2) is 0 Å². The van der Waals surface area contributed by atoms with Crippen molar-refractivity contribution in [2.24, 2.45) is 0 Å². The highest BCUT2D eigenvalue weighted by molar-refractivity contribution is 5.88. The van der Waals surface area contributed by atoms with E-state index in [1.54, 1.807) is 0 Å². The SMILES string of the molecule is CC(=O)Oc1cccc2c1C1=CCCCC[C@H]12.